The maximum Gasteiger partial charge on any atom is 0.192 e. The van der Waals surface area contributed by atoms with E-state index < -0.39 is 0 Å². The smallest absolute Gasteiger partial charge is 0.192 e. The van der Waals surface area contributed by atoms with Gasteiger partial charge in [0.2, 0.25) is 0 Å². The quantitative estimate of drug-likeness (QED) is 0.512. The van der Waals surface area contributed by atoms with Crippen molar-refractivity contribution in [3.05, 3.63) is 35.7 Å². The molecule has 1 aromatic heterocycles. The van der Waals surface area contributed by atoms with Crippen LogP contribution in [0.3, 0.4) is 0 Å². The van der Waals surface area contributed by atoms with Crippen LogP contribution in [0.1, 0.15) is 0 Å². The Hall–Kier alpha value is -3.55. The monoisotopic (exact) mass is 387 g/mol. The first-order chi connectivity index (χ1) is 13.6. The van der Waals surface area contributed by atoms with Gasteiger partial charge in [0.1, 0.15) is 17.1 Å². The summed E-state index contributed by atoms with van der Waals surface area (Å²) < 4.78 is 33.0. The minimum Gasteiger partial charge on any atom is -0.496 e. The normalized spacial score (nSPS) is 11.4. The molecule has 0 radical (unpaired) electrons. The molecule has 0 bridgehead atoms. The molecule has 0 aliphatic heterocycles. The number of methoxy groups -OCH3 is 5. The average molecular weight is 387 g/mol. The van der Waals surface area contributed by atoms with Gasteiger partial charge in [0.25, 0.3) is 0 Å². The Bertz CT molecular complexity index is 1070. The van der Waals surface area contributed by atoms with Crippen molar-refractivity contribution in [2.75, 3.05) is 35.5 Å². The van der Waals surface area contributed by atoms with Crippen LogP contribution in [-0.4, -0.2) is 40.8 Å². The summed E-state index contributed by atoms with van der Waals surface area (Å²) in [6.07, 6.45) is 0. The zero-order chi connectivity index (χ0) is 20.3. The van der Waals surface area contributed by atoms with Crippen molar-refractivity contribution in [2.45, 2.75) is 0 Å². The van der Waals surface area contributed by atoms with Crippen LogP contribution in [-0.2, 0) is 0 Å². The van der Waals surface area contributed by atoms with Gasteiger partial charge in [-0.05, 0) is 18.2 Å². The highest BCUT2D eigenvalue weighted by Crippen LogP contribution is 2.39. The fourth-order valence-corrected chi connectivity index (χ4v) is 2.99. The Labute approximate surface area is 161 Å². The number of benzene rings is 2. The first-order valence-corrected chi connectivity index (χ1v) is 8.29. The molecule has 3 aromatic rings. The Morgan fingerprint density at radius 3 is 2.07 bits per heavy atom. The molecular weight excluding hydrogens is 366 g/mol. The van der Waals surface area contributed by atoms with E-state index in [4.69, 9.17) is 28.1 Å². The first kappa shape index (κ1) is 19.2. The lowest BCUT2D eigenvalue weighted by Crippen LogP contribution is -2.11. The van der Waals surface area contributed by atoms with E-state index in [0.717, 1.165) is 0 Å². The Morgan fingerprint density at radius 2 is 1.50 bits per heavy atom. The van der Waals surface area contributed by atoms with E-state index in [1.165, 1.54) is 21.3 Å². The molecule has 1 heterocycles. The van der Waals surface area contributed by atoms with E-state index >= 15 is 0 Å². The summed E-state index contributed by atoms with van der Waals surface area (Å²) in [4.78, 5) is 0. The van der Waals surface area contributed by atoms with Crippen LogP contribution in [0, 0.1) is 0 Å². The molecule has 8 nitrogen and oxygen atoms in total. The molecule has 0 aliphatic carbocycles. The topological polar surface area (TPSA) is 91.9 Å². The molecule has 0 saturated heterocycles. The van der Waals surface area contributed by atoms with Gasteiger partial charge in [-0.15, -0.1) is 0 Å². The molecule has 0 atom stereocenters. The van der Waals surface area contributed by atoms with Gasteiger partial charge >= 0.3 is 0 Å². The highest BCUT2D eigenvalue weighted by Gasteiger charge is 2.21. The second kappa shape index (κ2) is 7.99. The predicted octanol–water partition coefficient (Wildman–Crippen LogP) is 3.43. The van der Waals surface area contributed by atoms with E-state index in [1.54, 1.807) is 44.6 Å². The maximum atomic E-state index is 9.72. The summed E-state index contributed by atoms with van der Waals surface area (Å²) in [7, 11) is 7.60. The SMILES string of the molecule is COc1cc(OC)c2c(=NO)c(OC)c(-c3ccc(OC)c(OC)c3)oc2c1. The molecule has 8 heteroatoms. The second-order valence-electron chi connectivity index (χ2n) is 5.69. The van der Waals surface area contributed by atoms with Crippen molar-refractivity contribution in [1.82, 2.24) is 0 Å². The molecule has 0 amide bonds. The summed E-state index contributed by atoms with van der Waals surface area (Å²) in [5, 5.41) is 13.8. The zero-order valence-electron chi connectivity index (χ0n) is 16.2. The maximum absolute atomic E-state index is 9.72. The van der Waals surface area contributed by atoms with Crippen molar-refractivity contribution in [3.63, 3.8) is 0 Å². The zero-order valence-corrected chi connectivity index (χ0v) is 16.2. The standard InChI is InChI=1S/C20H21NO7/c1-23-12-9-15(26-4)17-16(10-12)28-19(20(27-5)18(17)21-22)11-6-7-13(24-2)14(8-11)25-3/h6-10,22H,1-5H3. The third-order valence-corrected chi connectivity index (χ3v) is 4.32. The summed E-state index contributed by atoms with van der Waals surface area (Å²) in [6, 6.07) is 8.62. The second-order valence-corrected chi connectivity index (χ2v) is 5.69. The molecule has 2 aromatic carbocycles. The molecule has 0 spiro atoms. The summed E-state index contributed by atoms with van der Waals surface area (Å²) in [5.41, 5.74) is 1.04. The third kappa shape index (κ3) is 3.13. The van der Waals surface area contributed by atoms with E-state index in [1.807, 2.05) is 0 Å². The summed E-state index contributed by atoms with van der Waals surface area (Å²) in [6.45, 7) is 0. The lowest BCUT2D eigenvalue weighted by molar-refractivity contribution is 0.294. The minimum atomic E-state index is 0.174. The first-order valence-electron chi connectivity index (χ1n) is 8.29. The van der Waals surface area contributed by atoms with Gasteiger partial charge < -0.3 is 33.3 Å². The number of fused-ring (bicyclic) bond motifs is 1. The largest absolute Gasteiger partial charge is 0.496 e. The van der Waals surface area contributed by atoms with Crippen molar-refractivity contribution in [1.29, 1.82) is 0 Å². The average Bonchev–Trinajstić information content (AvgIpc) is 2.75. The molecule has 1 N–H and O–H groups in total. The number of hydrogen-bond donors (Lipinski definition) is 1. The van der Waals surface area contributed by atoms with Crippen molar-refractivity contribution < 1.29 is 33.3 Å². The lowest BCUT2D eigenvalue weighted by Gasteiger charge is -2.14. The fourth-order valence-electron chi connectivity index (χ4n) is 2.99. The minimum absolute atomic E-state index is 0.174. The van der Waals surface area contributed by atoms with E-state index in [0.29, 0.717) is 45.3 Å². The Balaban J connectivity index is 2.41. The van der Waals surface area contributed by atoms with Crippen LogP contribution >= 0.6 is 0 Å². The Kier molecular flexibility index (Phi) is 5.49. The number of nitrogens with zero attached hydrogens (tertiary/aromatic N) is 1. The molecular formula is C20H21NO7. The van der Waals surface area contributed by atoms with Gasteiger partial charge in [-0.1, -0.05) is 5.16 Å². The van der Waals surface area contributed by atoms with Crippen LogP contribution in [0.5, 0.6) is 28.7 Å². The summed E-state index contributed by atoms with van der Waals surface area (Å²) in [5.74, 6) is 2.62. The summed E-state index contributed by atoms with van der Waals surface area (Å²) >= 11 is 0. The number of hydrogen-bond acceptors (Lipinski definition) is 8. The molecule has 28 heavy (non-hydrogen) atoms. The lowest BCUT2D eigenvalue weighted by atomic mass is 10.1. The molecule has 0 aliphatic rings. The van der Waals surface area contributed by atoms with Crippen molar-refractivity contribution in [3.8, 4) is 40.1 Å². The van der Waals surface area contributed by atoms with Gasteiger partial charge in [0.05, 0.1) is 40.9 Å². The molecule has 0 saturated carbocycles. The van der Waals surface area contributed by atoms with E-state index in [2.05, 4.69) is 5.16 Å². The van der Waals surface area contributed by atoms with Crippen LogP contribution in [0.25, 0.3) is 22.3 Å². The number of ether oxygens (including phenoxy) is 5. The number of rotatable bonds is 6. The van der Waals surface area contributed by atoms with Gasteiger partial charge in [-0.25, -0.2) is 0 Å². The fraction of sp³-hybridized carbons (Fsp3) is 0.250. The molecule has 0 fully saturated rings. The van der Waals surface area contributed by atoms with Crippen molar-refractivity contribution in [2.24, 2.45) is 5.16 Å². The highest BCUT2D eigenvalue weighted by molar-refractivity contribution is 5.88. The van der Waals surface area contributed by atoms with E-state index in [9.17, 15) is 5.21 Å². The highest BCUT2D eigenvalue weighted by atomic mass is 16.5. The predicted molar refractivity (Wildman–Crippen MR) is 102 cm³/mol. The van der Waals surface area contributed by atoms with E-state index in [-0.39, 0.29) is 11.1 Å². The molecule has 3 rings (SSSR count). The van der Waals surface area contributed by atoms with Crippen LogP contribution in [0.4, 0.5) is 0 Å². The molecule has 148 valence electrons. The third-order valence-electron chi connectivity index (χ3n) is 4.32. The van der Waals surface area contributed by atoms with Gasteiger partial charge in [-0.3, -0.25) is 0 Å². The van der Waals surface area contributed by atoms with Gasteiger partial charge in [0.15, 0.2) is 28.4 Å². The van der Waals surface area contributed by atoms with Crippen LogP contribution < -0.4 is 29.0 Å². The van der Waals surface area contributed by atoms with Crippen LogP contribution in [0.15, 0.2) is 39.9 Å². The van der Waals surface area contributed by atoms with Crippen LogP contribution in [0.2, 0.25) is 0 Å². The van der Waals surface area contributed by atoms with Gasteiger partial charge in [0, 0.05) is 17.7 Å². The van der Waals surface area contributed by atoms with Gasteiger partial charge in [-0.2, -0.15) is 0 Å². The Morgan fingerprint density at radius 1 is 0.786 bits per heavy atom. The molecule has 0 unspecified atom stereocenters. The van der Waals surface area contributed by atoms with Crippen molar-refractivity contribution >= 4 is 11.0 Å².